The zero-order valence-corrected chi connectivity index (χ0v) is 10.4. The molecule has 0 aliphatic rings. The molecule has 4 N–H and O–H groups in total. The fraction of sp³-hybridized carbons (Fsp3) is 0.333. The second-order valence-corrected chi connectivity index (χ2v) is 5.38. The number of nitrogens with zero attached hydrogens (tertiary/aromatic N) is 1. The van der Waals surface area contributed by atoms with Gasteiger partial charge >= 0.3 is 0 Å². The molecule has 5 nitrogen and oxygen atoms in total. The van der Waals surface area contributed by atoms with Crippen LogP contribution in [0.4, 0.5) is 0 Å². The van der Waals surface area contributed by atoms with E-state index in [-0.39, 0.29) is 11.7 Å². The van der Waals surface area contributed by atoms with Gasteiger partial charge in [0.15, 0.2) is 5.84 Å². The van der Waals surface area contributed by atoms with Gasteiger partial charge in [-0.25, -0.2) is 0 Å². The summed E-state index contributed by atoms with van der Waals surface area (Å²) in [6.07, 6.45) is 0. The summed E-state index contributed by atoms with van der Waals surface area (Å²) in [5.74, 6) is -0.378. The molecule has 0 atom stereocenters. The minimum atomic E-state index is -0.914. The molecule has 0 fully saturated rings. The normalized spacial score (nSPS) is 12.6. The number of halogens is 1. The van der Waals surface area contributed by atoms with Crippen LogP contribution in [0.5, 0.6) is 0 Å². The van der Waals surface area contributed by atoms with Gasteiger partial charge in [-0.3, -0.25) is 4.79 Å². The predicted octanol–water partition coefficient (Wildman–Crippen LogP) is 1.66. The van der Waals surface area contributed by atoms with Crippen LogP contribution in [0.3, 0.4) is 0 Å². The highest BCUT2D eigenvalue weighted by Gasteiger charge is 2.26. The molecule has 1 aromatic rings. The third-order valence-electron chi connectivity index (χ3n) is 1.97. The molecule has 0 aromatic carbocycles. The monoisotopic (exact) mass is 261 g/mol. The van der Waals surface area contributed by atoms with Gasteiger partial charge in [-0.05, 0) is 26.0 Å². The molecule has 0 saturated heterocycles. The number of rotatable bonds is 3. The molecule has 88 valence electrons. The summed E-state index contributed by atoms with van der Waals surface area (Å²) in [5.41, 5.74) is 4.53. The highest BCUT2D eigenvalue weighted by molar-refractivity contribution is 7.18. The zero-order valence-electron chi connectivity index (χ0n) is 8.82. The van der Waals surface area contributed by atoms with E-state index in [4.69, 9.17) is 22.5 Å². The van der Waals surface area contributed by atoms with Gasteiger partial charge in [-0.15, -0.1) is 11.3 Å². The summed E-state index contributed by atoms with van der Waals surface area (Å²) in [7, 11) is 0. The Morgan fingerprint density at radius 3 is 2.69 bits per heavy atom. The van der Waals surface area contributed by atoms with Crippen molar-refractivity contribution in [3.8, 4) is 0 Å². The quantitative estimate of drug-likeness (QED) is 0.335. The maximum absolute atomic E-state index is 11.7. The Balaban J connectivity index is 2.79. The second-order valence-electron chi connectivity index (χ2n) is 3.67. The van der Waals surface area contributed by atoms with Crippen LogP contribution in [0.25, 0.3) is 0 Å². The Labute approximate surface area is 102 Å². The van der Waals surface area contributed by atoms with Gasteiger partial charge in [0.25, 0.3) is 5.91 Å². The van der Waals surface area contributed by atoms with Crippen molar-refractivity contribution in [3.05, 3.63) is 21.3 Å². The van der Waals surface area contributed by atoms with Crippen molar-refractivity contribution in [2.24, 2.45) is 10.9 Å². The third-order valence-corrected chi connectivity index (χ3v) is 3.20. The van der Waals surface area contributed by atoms with Crippen molar-refractivity contribution in [1.29, 1.82) is 0 Å². The molecule has 16 heavy (non-hydrogen) atoms. The Bertz CT molecular complexity index is 428. The number of oxime groups is 1. The largest absolute Gasteiger partial charge is 0.409 e. The number of amidine groups is 1. The van der Waals surface area contributed by atoms with E-state index in [0.29, 0.717) is 9.21 Å². The summed E-state index contributed by atoms with van der Waals surface area (Å²) in [6, 6.07) is 3.25. The summed E-state index contributed by atoms with van der Waals surface area (Å²) >= 11 is 6.88. The Hall–Kier alpha value is -1.27. The smallest absolute Gasteiger partial charge is 0.262 e. The summed E-state index contributed by atoms with van der Waals surface area (Å²) in [5, 5.41) is 14.1. The summed E-state index contributed by atoms with van der Waals surface area (Å²) in [6.45, 7) is 3.27. The number of thiophene rings is 1. The molecule has 0 aliphatic heterocycles. The molecule has 1 amide bonds. The molecule has 0 aliphatic carbocycles. The number of nitrogens with two attached hydrogens (primary N) is 1. The lowest BCUT2D eigenvalue weighted by molar-refractivity contribution is 0.0935. The van der Waals surface area contributed by atoms with Crippen molar-refractivity contribution in [2.75, 3.05) is 0 Å². The van der Waals surface area contributed by atoms with Crippen LogP contribution in [-0.2, 0) is 0 Å². The van der Waals surface area contributed by atoms with Crippen LogP contribution in [0, 0.1) is 0 Å². The molecule has 0 spiro atoms. The van der Waals surface area contributed by atoms with Crippen LogP contribution >= 0.6 is 22.9 Å². The maximum atomic E-state index is 11.7. The van der Waals surface area contributed by atoms with Crippen molar-refractivity contribution in [3.63, 3.8) is 0 Å². The minimum absolute atomic E-state index is 0.0662. The molecule has 1 heterocycles. The molecule has 0 bridgehead atoms. The lowest BCUT2D eigenvalue weighted by Crippen LogP contribution is -2.53. The van der Waals surface area contributed by atoms with Gasteiger partial charge < -0.3 is 16.3 Å². The Morgan fingerprint density at radius 2 is 2.25 bits per heavy atom. The fourth-order valence-electron chi connectivity index (χ4n) is 0.971. The first-order valence-corrected chi connectivity index (χ1v) is 5.62. The highest BCUT2D eigenvalue weighted by Crippen LogP contribution is 2.21. The molecular formula is C9H12ClN3O2S. The van der Waals surface area contributed by atoms with E-state index in [1.165, 1.54) is 11.3 Å². The molecular weight excluding hydrogens is 250 g/mol. The van der Waals surface area contributed by atoms with E-state index >= 15 is 0 Å². The van der Waals surface area contributed by atoms with E-state index in [1.807, 2.05) is 0 Å². The van der Waals surface area contributed by atoms with Crippen LogP contribution in [0.2, 0.25) is 4.34 Å². The first-order chi connectivity index (χ1) is 7.36. The highest BCUT2D eigenvalue weighted by atomic mass is 35.5. The van der Waals surface area contributed by atoms with Gasteiger partial charge in [-0.1, -0.05) is 16.8 Å². The van der Waals surface area contributed by atoms with Crippen molar-refractivity contribution in [1.82, 2.24) is 5.32 Å². The first-order valence-electron chi connectivity index (χ1n) is 4.42. The number of carbonyl (C=O) groups is 1. The SMILES string of the molecule is CC(C)(NC(=O)c1ccc(Cl)s1)C(N)=NO. The van der Waals surface area contributed by atoms with Gasteiger partial charge in [0.05, 0.1) is 14.8 Å². The van der Waals surface area contributed by atoms with Gasteiger partial charge in [0.1, 0.15) is 0 Å². The molecule has 0 saturated carbocycles. The van der Waals surface area contributed by atoms with Crippen LogP contribution in [-0.4, -0.2) is 22.5 Å². The molecule has 1 aromatic heterocycles. The predicted molar refractivity (Wildman–Crippen MR) is 64.3 cm³/mol. The topological polar surface area (TPSA) is 87.7 Å². The lowest BCUT2D eigenvalue weighted by Gasteiger charge is -2.23. The second kappa shape index (κ2) is 4.71. The van der Waals surface area contributed by atoms with E-state index in [2.05, 4.69) is 10.5 Å². The average molecular weight is 262 g/mol. The number of amides is 1. The molecule has 7 heteroatoms. The van der Waals surface area contributed by atoms with E-state index in [9.17, 15) is 4.79 Å². The summed E-state index contributed by atoms with van der Waals surface area (Å²) < 4.78 is 0.534. The van der Waals surface area contributed by atoms with E-state index in [0.717, 1.165) is 0 Å². The fourth-order valence-corrected chi connectivity index (χ4v) is 1.91. The third kappa shape index (κ3) is 2.86. The molecule has 0 unspecified atom stereocenters. The Morgan fingerprint density at radius 1 is 1.62 bits per heavy atom. The van der Waals surface area contributed by atoms with Gasteiger partial charge in [-0.2, -0.15) is 0 Å². The average Bonchev–Trinajstić information content (AvgIpc) is 2.63. The lowest BCUT2D eigenvalue weighted by atomic mass is 10.0. The maximum Gasteiger partial charge on any atom is 0.262 e. The van der Waals surface area contributed by atoms with Crippen molar-refractivity contribution in [2.45, 2.75) is 19.4 Å². The first kappa shape index (κ1) is 12.8. The van der Waals surface area contributed by atoms with Crippen LogP contribution in [0.1, 0.15) is 23.5 Å². The number of nitrogens with one attached hydrogen (secondary N) is 1. The zero-order chi connectivity index (χ0) is 12.3. The number of carbonyl (C=O) groups excluding carboxylic acids is 1. The Kier molecular flexibility index (Phi) is 3.77. The number of hydrogen-bond donors (Lipinski definition) is 3. The standard InChI is InChI=1S/C9H12ClN3O2S/c1-9(2,8(11)13-15)12-7(14)5-3-4-6(10)16-5/h3-4,15H,1-2H3,(H2,11,13)(H,12,14). The van der Waals surface area contributed by atoms with Crippen LogP contribution in [0.15, 0.2) is 17.3 Å². The summed E-state index contributed by atoms with van der Waals surface area (Å²) in [4.78, 5) is 12.2. The van der Waals surface area contributed by atoms with Crippen molar-refractivity contribution >= 4 is 34.7 Å². The minimum Gasteiger partial charge on any atom is -0.409 e. The van der Waals surface area contributed by atoms with Crippen molar-refractivity contribution < 1.29 is 10.0 Å². The molecule has 0 radical (unpaired) electrons. The number of hydrogen-bond acceptors (Lipinski definition) is 4. The van der Waals surface area contributed by atoms with E-state index in [1.54, 1.807) is 26.0 Å². The van der Waals surface area contributed by atoms with Crippen LogP contribution < -0.4 is 11.1 Å². The molecule has 1 rings (SSSR count). The van der Waals surface area contributed by atoms with E-state index < -0.39 is 5.54 Å². The van der Waals surface area contributed by atoms with Gasteiger partial charge in [0.2, 0.25) is 0 Å². The van der Waals surface area contributed by atoms with Gasteiger partial charge in [0, 0.05) is 0 Å².